The number of hydrogen-bond acceptors (Lipinski definition) is 3. The zero-order chi connectivity index (χ0) is 14.6. The number of para-hydroxylation sites is 1. The van der Waals surface area contributed by atoms with Crippen LogP contribution >= 0.6 is 11.8 Å². The molecule has 2 N–H and O–H groups in total. The molecule has 1 amide bonds. The highest BCUT2D eigenvalue weighted by Crippen LogP contribution is 2.50. The van der Waals surface area contributed by atoms with Gasteiger partial charge in [0.1, 0.15) is 5.82 Å². The van der Waals surface area contributed by atoms with Crippen LogP contribution in [-0.2, 0) is 9.59 Å². The molecular formula is C14H16FNO3S. The molecule has 1 fully saturated rings. The first-order valence-electron chi connectivity index (χ1n) is 6.35. The molecule has 0 spiro atoms. The molecule has 4 nitrogen and oxygen atoms in total. The van der Waals surface area contributed by atoms with Crippen molar-refractivity contribution in [3.63, 3.8) is 0 Å². The highest BCUT2D eigenvalue weighted by molar-refractivity contribution is 8.00. The minimum absolute atomic E-state index is 0.130. The summed E-state index contributed by atoms with van der Waals surface area (Å²) in [6.07, 6.45) is 1.97. The van der Waals surface area contributed by atoms with Crippen LogP contribution in [0.3, 0.4) is 0 Å². The topological polar surface area (TPSA) is 66.4 Å². The van der Waals surface area contributed by atoms with Gasteiger partial charge in [0.05, 0.1) is 17.9 Å². The van der Waals surface area contributed by atoms with Crippen molar-refractivity contribution < 1.29 is 19.1 Å². The minimum Gasteiger partial charge on any atom is -0.481 e. The van der Waals surface area contributed by atoms with Crippen molar-refractivity contribution in [1.29, 1.82) is 0 Å². The van der Waals surface area contributed by atoms with E-state index < -0.39 is 11.8 Å². The Kier molecular flexibility index (Phi) is 4.65. The molecule has 6 heteroatoms. The van der Waals surface area contributed by atoms with Crippen LogP contribution in [0.1, 0.15) is 19.3 Å². The molecule has 1 saturated carbocycles. The molecular weight excluding hydrogens is 281 g/mol. The quantitative estimate of drug-likeness (QED) is 0.812. The predicted octanol–water partition coefficient (Wildman–Crippen LogP) is 2.75. The molecule has 0 saturated heterocycles. The van der Waals surface area contributed by atoms with Gasteiger partial charge in [0.2, 0.25) is 5.91 Å². The van der Waals surface area contributed by atoms with E-state index >= 15 is 0 Å². The summed E-state index contributed by atoms with van der Waals surface area (Å²) in [4.78, 5) is 22.4. The summed E-state index contributed by atoms with van der Waals surface area (Å²) in [5.41, 5.74) is 0.0409. The second-order valence-electron chi connectivity index (χ2n) is 5.09. The Morgan fingerprint density at radius 3 is 2.65 bits per heavy atom. The van der Waals surface area contributed by atoms with Crippen molar-refractivity contribution in [2.75, 3.05) is 16.8 Å². The van der Waals surface area contributed by atoms with Crippen LogP contribution in [0.2, 0.25) is 0 Å². The van der Waals surface area contributed by atoms with Gasteiger partial charge in [0.15, 0.2) is 0 Å². The van der Waals surface area contributed by atoms with Gasteiger partial charge in [-0.25, -0.2) is 4.39 Å². The molecule has 0 atom stereocenters. The molecule has 2 rings (SSSR count). The van der Waals surface area contributed by atoms with Gasteiger partial charge in [-0.3, -0.25) is 9.59 Å². The average molecular weight is 297 g/mol. The van der Waals surface area contributed by atoms with E-state index in [1.54, 1.807) is 12.1 Å². The molecule has 0 aromatic heterocycles. The van der Waals surface area contributed by atoms with Crippen molar-refractivity contribution in [3.05, 3.63) is 30.1 Å². The number of carbonyl (C=O) groups excluding carboxylic acids is 1. The largest absolute Gasteiger partial charge is 0.481 e. The Balaban J connectivity index is 1.74. The molecule has 0 unspecified atom stereocenters. The van der Waals surface area contributed by atoms with E-state index in [1.165, 1.54) is 23.9 Å². The fraction of sp³-hybridized carbons (Fsp3) is 0.429. The third-order valence-electron chi connectivity index (χ3n) is 3.27. The zero-order valence-electron chi connectivity index (χ0n) is 10.9. The van der Waals surface area contributed by atoms with Crippen LogP contribution in [-0.4, -0.2) is 28.5 Å². The predicted molar refractivity (Wildman–Crippen MR) is 76.3 cm³/mol. The Labute approximate surface area is 120 Å². The number of halogens is 1. The van der Waals surface area contributed by atoms with Crippen LogP contribution in [0.15, 0.2) is 24.3 Å². The maximum Gasteiger partial charge on any atom is 0.303 e. The second kappa shape index (κ2) is 6.26. The van der Waals surface area contributed by atoms with E-state index in [-0.39, 0.29) is 29.2 Å². The lowest BCUT2D eigenvalue weighted by Gasteiger charge is -2.11. The highest BCUT2D eigenvalue weighted by atomic mass is 32.2. The van der Waals surface area contributed by atoms with Crippen molar-refractivity contribution in [2.24, 2.45) is 5.41 Å². The normalized spacial score (nSPS) is 15.7. The summed E-state index contributed by atoms with van der Waals surface area (Å²) >= 11 is 1.40. The number of nitrogens with one attached hydrogen (secondary N) is 1. The van der Waals surface area contributed by atoms with E-state index in [9.17, 15) is 14.0 Å². The number of hydrogen-bond donors (Lipinski definition) is 2. The standard InChI is InChI=1S/C14H16FNO3S/c15-10-3-1-2-4-11(10)16-12(17)8-20-9-14(5-6-14)7-13(18)19/h1-4H,5-9H2,(H,16,17)(H,18,19). The number of thioether (sulfide) groups is 1. The first-order chi connectivity index (χ1) is 9.51. The van der Waals surface area contributed by atoms with E-state index in [4.69, 9.17) is 5.11 Å². The number of amides is 1. The first-order valence-corrected chi connectivity index (χ1v) is 7.50. The molecule has 1 aromatic carbocycles. The number of rotatable bonds is 7. The number of anilines is 1. The van der Waals surface area contributed by atoms with E-state index in [0.29, 0.717) is 5.75 Å². The van der Waals surface area contributed by atoms with Crippen molar-refractivity contribution in [1.82, 2.24) is 0 Å². The average Bonchev–Trinajstić information content (AvgIpc) is 3.11. The van der Waals surface area contributed by atoms with Gasteiger partial charge in [-0.2, -0.15) is 11.8 Å². The SMILES string of the molecule is O=C(O)CC1(CSCC(=O)Nc2ccccc2F)CC1. The molecule has 0 aliphatic heterocycles. The number of carboxylic acids is 1. The summed E-state index contributed by atoms with van der Waals surface area (Å²) in [5, 5.41) is 11.3. The van der Waals surface area contributed by atoms with Crippen molar-refractivity contribution in [3.8, 4) is 0 Å². The van der Waals surface area contributed by atoms with Gasteiger partial charge >= 0.3 is 5.97 Å². The lowest BCUT2D eigenvalue weighted by molar-refractivity contribution is -0.138. The monoisotopic (exact) mass is 297 g/mol. The summed E-state index contributed by atoms with van der Waals surface area (Å²) in [6.45, 7) is 0. The summed E-state index contributed by atoms with van der Waals surface area (Å²) in [6, 6.07) is 6.00. The van der Waals surface area contributed by atoms with Gasteiger partial charge in [-0.1, -0.05) is 12.1 Å². The minimum atomic E-state index is -0.793. The van der Waals surface area contributed by atoms with Gasteiger partial charge < -0.3 is 10.4 Å². The molecule has 1 aromatic rings. The molecule has 1 aliphatic rings. The Bertz CT molecular complexity index is 517. The molecule has 0 heterocycles. The maximum absolute atomic E-state index is 13.3. The van der Waals surface area contributed by atoms with Crippen LogP contribution < -0.4 is 5.32 Å². The van der Waals surface area contributed by atoms with Gasteiger partial charge in [0, 0.05) is 0 Å². The smallest absolute Gasteiger partial charge is 0.303 e. The van der Waals surface area contributed by atoms with E-state index in [0.717, 1.165) is 12.8 Å². The molecule has 108 valence electrons. The molecule has 0 radical (unpaired) electrons. The van der Waals surface area contributed by atoms with Crippen LogP contribution in [0.5, 0.6) is 0 Å². The van der Waals surface area contributed by atoms with Gasteiger partial charge in [-0.15, -0.1) is 0 Å². The number of benzene rings is 1. The van der Waals surface area contributed by atoms with Crippen LogP contribution in [0, 0.1) is 11.2 Å². The fourth-order valence-electron chi connectivity index (χ4n) is 1.98. The van der Waals surface area contributed by atoms with Crippen molar-refractivity contribution >= 4 is 29.3 Å². The number of carboxylic acid groups (broad SMARTS) is 1. The Morgan fingerprint density at radius 1 is 1.35 bits per heavy atom. The zero-order valence-corrected chi connectivity index (χ0v) is 11.7. The van der Waals surface area contributed by atoms with Gasteiger partial charge in [0.25, 0.3) is 0 Å². The first kappa shape index (κ1) is 14.8. The lowest BCUT2D eigenvalue weighted by Crippen LogP contribution is -2.17. The summed E-state index contributed by atoms with van der Waals surface area (Å²) in [5.74, 6) is -0.666. The van der Waals surface area contributed by atoms with Crippen LogP contribution in [0.25, 0.3) is 0 Å². The molecule has 1 aliphatic carbocycles. The highest BCUT2D eigenvalue weighted by Gasteiger charge is 2.44. The number of aliphatic carboxylic acids is 1. The third kappa shape index (κ3) is 4.23. The Morgan fingerprint density at radius 2 is 2.05 bits per heavy atom. The van der Waals surface area contributed by atoms with Crippen molar-refractivity contribution in [2.45, 2.75) is 19.3 Å². The fourth-order valence-corrected chi connectivity index (χ4v) is 3.16. The maximum atomic E-state index is 13.3. The van der Waals surface area contributed by atoms with E-state index in [2.05, 4.69) is 5.32 Å². The second-order valence-corrected chi connectivity index (χ2v) is 6.08. The lowest BCUT2D eigenvalue weighted by atomic mass is 10.1. The summed E-state index contributed by atoms with van der Waals surface area (Å²) in [7, 11) is 0. The van der Waals surface area contributed by atoms with Gasteiger partial charge in [-0.05, 0) is 36.1 Å². The summed E-state index contributed by atoms with van der Waals surface area (Å²) < 4.78 is 13.3. The molecule has 0 bridgehead atoms. The Hall–Kier alpha value is -1.56. The third-order valence-corrected chi connectivity index (χ3v) is 4.56. The van der Waals surface area contributed by atoms with Crippen LogP contribution in [0.4, 0.5) is 10.1 Å². The molecule has 20 heavy (non-hydrogen) atoms. The number of carbonyl (C=O) groups is 2. The van der Waals surface area contributed by atoms with E-state index in [1.807, 2.05) is 0 Å².